The second-order valence-electron chi connectivity index (χ2n) is 6.46. The van der Waals surface area contributed by atoms with Crippen molar-refractivity contribution in [2.45, 2.75) is 56.6 Å². The topological polar surface area (TPSA) is 74.1 Å². The van der Waals surface area contributed by atoms with Gasteiger partial charge in [0.1, 0.15) is 18.2 Å². The minimum atomic E-state index is -0.622. The van der Waals surface area contributed by atoms with Gasteiger partial charge in [-0.1, -0.05) is 19.3 Å². The van der Waals surface area contributed by atoms with Crippen LogP contribution in [0, 0.1) is 0 Å². The summed E-state index contributed by atoms with van der Waals surface area (Å²) in [6, 6.07) is -0.246. The molecule has 1 spiro atoms. The van der Waals surface area contributed by atoms with E-state index >= 15 is 0 Å². The Morgan fingerprint density at radius 2 is 2.00 bits per heavy atom. The van der Waals surface area contributed by atoms with E-state index in [1.165, 1.54) is 4.90 Å². The minimum absolute atomic E-state index is 0.0465. The molecule has 6 heteroatoms. The second-order valence-corrected chi connectivity index (χ2v) is 6.46. The van der Waals surface area contributed by atoms with E-state index in [1.54, 1.807) is 0 Å². The van der Waals surface area contributed by atoms with Crippen LogP contribution in [0.15, 0.2) is 0 Å². The molecule has 3 N–H and O–H groups in total. The van der Waals surface area contributed by atoms with Crippen LogP contribution in [0.25, 0.3) is 0 Å². The maximum absolute atomic E-state index is 12.6. The third-order valence-corrected chi connectivity index (χ3v) is 4.93. The van der Waals surface area contributed by atoms with E-state index in [-0.39, 0.29) is 18.0 Å². The van der Waals surface area contributed by atoms with Gasteiger partial charge in [0.2, 0.25) is 0 Å². The van der Waals surface area contributed by atoms with Crippen LogP contribution in [0.4, 0.5) is 4.79 Å². The highest BCUT2D eigenvalue weighted by atomic mass is 16.3. The number of nitrogens with one attached hydrogen (secondary N) is 2. The average Bonchev–Trinajstić information content (AvgIpc) is 2.64. The lowest BCUT2D eigenvalue weighted by Crippen LogP contribution is -3.15. The largest absolute Gasteiger partial charge is 0.387 e. The third-order valence-electron chi connectivity index (χ3n) is 4.93. The molecule has 0 bridgehead atoms. The van der Waals surface area contributed by atoms with Crippen LogP contribution >= 0.6 is 0 Å². The van der Waals surface area contributed by atoms with Crippen molar-refractivity contribution in [3.8, 4) is 0 Å². The first-order chi connectivity index (χ1) is 9.61. The summed E-state index contributed by atoms with van der Waals surface area (Å²) in [5.74, 6) is -0.0465. The van der Waals surface area contributed by atoms with Gasteiger partial charge in [0.15, 0.2) is 6.67 Å². The van der Waals surface area contributed by atoms with Gasteiger partial charge in [0, 0.05) is 0 Å². The molecule has 1 aliphatic carbocycles. The molecule has 0 radical (unpaired) electrons. The molecule has 0 aromatic heterocycles. The minimum Gasteiger partial charge on any atom is -0.387 e. The maximum Gasteiger partial charge on any atom is 0.329 e. The number of carbonyl (C=O) groups excluding carboxylic acids is 2. The molecule has 6 nitrogen and oxygen atoms in total. The number of rotatable bonds is 2. The molecular weight excluding hydrogens is 258 g/mol. The average molecular weight is 282 g/mol. The summed E-state index contributed by atoms with van der Waals surface area (Å²) in [5.41, 5.74) is -0.622. The fourth-order valence-electron chi connectivity index (χ4n) is 3.81. The molecule has 1 unspecified atom stereocenters. The third kappa shape index (κ3) is 2.42. The van der Waals surface area contributed by atoms with Crippen molar-refractivity contribution >= 4 is 11.9 Å². The monoisotopic (exact) mass is 282 g/mol. The number of hydrogen-bond acceptors (Lipinski definition) is 3. The Bertz CT molecular complexity index is 406. The van der Waals surface area contributed by atoms with E-state index in [9.17, 15) is 14.7 Å². The summed E-state index contributed by atoms with van der Waals surface area (Å²) in [5, 5.41) is 12.6. The van der Waals surface area contributed by atoms with Crippen LogP contribution in [0.3, 0.4) is 0 Å². The summed E-state index contributed by atoms with van der Waals surface area (Å²) >= 11 is 0. The van der Waals surface area contributed by atoms with E-state index < -0.39 is 5.54 Å². The Morgan fingerprint density at radius 1 is 1.25 bits per heavy atom. The standard InChI is InChI=1S/C14H23N3O3/c18-11-5-4-8-16(9-11)10-17-12(19)14(15-13(17)20)6-2-1-3-7-14/h11,18H,1-10H2,(H,15,20)/p+1/t11-/m0/s1. The van der Waals surface area contributed by atoms with Crippen LogP contribution in [0.5, 0.6) is 0 Å². The molecule has 20 heavy (non-hydrogen) atoms. The number of nitrogens with zero attached hydrogens (tertiary/aromatic N) is 1. The molecule has 3 aliphatic rings. The number of piperidine rings is 1. The van der Waals surface area contributed by atoms with Crippen molar-refractivity contribution in [1.29, 1.82) is 0 Å². The molecule has 3 amide bonds. The van der Waals surface area contributed by atoms with E-state index in [2.05, 4.69) is 5.32 Å². The van der Waals surface area contributed by atoms with Crippen molar-refractivity contribution in [3.63, 3.8) is 0 Å². The number of hydrogen-bond donors (Lipinski definition) is 3. The molecule has 112 valence electrons. The lowest BCUT2D eigenvalue weighted by Gasteiger charge is -2.32. The number of amides is 3. The molecule has 0 aromatic rings. The number of quaternary nitrogens is 1. The zero-order valence-corrected chi connectivity index (χ0v) is 11.9. The Hall–Kier alpha value is -1.14. The smallest absolute Gasteiger partial charge is 0.329 e. The summed E-state index contributed by atoms with van der Waals surface area (Å²) in [6.07, 6.45) is 6.18. The lowest BCUT2D eigenvalue weighted by molar-refractivity contribution is -0.915. The Labute approximate surface area is 119 Å². The van der Waals surface area contributed by atoms with Crippen molar-refractivity contribution < 1.29 is 19.6 Å². The first-order valence-corrected chi connectivity index (χ1v) is 7.76. The zero-order valence-electron chi connectivity index (χ0n) is 11.9. The summed E-state index contributed by atoms with van der Waals surface area (Å²) < 4.78 is 0. The lowest BCUT2D eigenvalue weighted by atomic mass is 9.82. The predicted molar refractivity (Wildman–Crippen MR) is 72.0 cm³/mol. The van der Waals surface area contributed by atoms with Gasteiger partial charge in [-0.15, -0.1) is 0 Å². The van der Waals surface area contributed by atoms with Crippen LogP contribution in [0.1, 0.15) is 44.9 Å². The first kappa shape index (κ1) is 13.8. The summed E-state index contributed by atoms with van der Waals surface area (Å²) in [6.45, 7) is 1.94. The Kier molecular flexibility index (Phi) is 3.69. The quantitative estimate of drug-likeness (QED) is 0.583. The molecule has 3 fully saturated rings. The molecule has 1 saturated carbocycles. The molecule has 2 atom stereocenters. The normalized spacial score (nSPS) is 33.5. The first-order valence-electron chi connectivity index (χ1n) is 7.76. The molecule has 2 saturated heterocycles. The maximum atomic E-state index is 12.6. The van der Waals surface area contributed by atoms with Crippen molar-refractivity contribution in [2.75, 3.05) is 19.8 Å². The van der Waals surface area contributed by atoms with Crippen LogP contribution in [0.2, 0.25) is 0 Å². The van der Waals surface area contributed by atoms with E-state index in [0.29, 0.717) is 13.2 Å². The predicted octanol–water partition coefficient (Wildman–Crippen LogP) is -0.762. The number of likely N-dealkylation sites (tertiary alicyclic amines) is 1. The summed E-state index contributed by atoms with van der Waals surface area (Å²) in [7, 11) is 0. The fraction of sp³-hybridized carbons (Fsp3) is 0.857. The van der Waals surface area contributed by atoms with Gasteiger partial charge in [0.05, 0.1) is 6.54 Å². The van der Waals surface area contributed by atoms with Crippen LogP contribution in [-0.2, 0) is 4.79 Å². The molecule has 3 rings (SSSR count). The van der Waals surface area contributed by atoms with Gasteiger partial charge in [0.25, 0.3) is 5.91 Å². The highest BCUT2D eigenvalue weighted by Gasteiger charge is 2.52. The van der Waals surface area contributed by atoms with Crippen molar-refractivity contribution in [2.24, 2.45) is 0 Å². The molecule has 2 heterocycles. The number of aliphatic hydroxyl groups is 1. The van der Waals surface area contributed by atoms with E-state index in [4.69, 9.17) is 0 Å². The van der Waals surface area contributed by atoms with Gasteiger partial charge >= 0.3 is 6.03 Å². The van der Waals surface area contributed by atoms with Gasteiger partial charge in [-0.3, -0.25) is 4.79 Å². The van der Waals surface area contributed by atoms with E-state index in [0.717, 1.165) is 56.4 Å². The number of imide groups is 1. The van der Waals surface area contributed by atoms with Gasteiger partial charge in [-0.05, 0) is 25.7 Å². The molecule has 0 aromatic carbocycles. The second kappa shape index (κ2) is 5.33. The molecule has 2 aliphatic heterocycles. The van der Waals surface area contributed by atoms with Crippen LogP contribution < -0.4 is 10.2 Å². The van der Waals surface area contributed by atoms with Gasteiger partial charge in [-0.2, -0.15) is 0 Å². The number of aliphatic hydroxyl groups excluding tert-OH is 1. The number of urea groups is 1. The SMILES string of the molecule is O=C1NC2(CCCCC2)C(=O)N1C[NH+]1CCC[C@H](O)C1. The van der Waals surface area contributed by atoms with Gasteiger partial charge in [-0.25, -0.2) is 9.69 Å². The highest BCUT2D eigenvalue weighted by molar-refractivity contribution is 6.06. The van der Waals surface area contributed by atoms with E-state index in [1.807, 2.05) is 0 Å². The number of carbonyl (C=O) groups is 2. The van der Waals surface area contributed by atoms with Gasteiger partial charge < -0.3 is 15.3 Å². The van der Waals surface area contributed by atoms with Crippen molar-refractivity contribution in [1.82, 2.24) is 10.2 Å². The van der Waals surface area contributed by atoms with Crippen molar-refractivity contribution in [3.05, 3.63) is 0 Å². The summed E-state index contributed by atoms with van der Waals surface area (Å²) in [4.78, 5) is 27.2. The Balaban J connectivity index is 1.67. The zero-order chi connectivity index (χ0) is 14.2. The highest BCUT2D eigenvalue weighted by Crippen LogP contribution is 2.33. The fourth-order valence-corrected chi connectivity index (χ4v) is 3.81. The molecular formula is C14H24N3O3+. The van der Waals surface area contributed by atoms with Crippen LogP contribution in [-0.4, -0.2) is 53.3 Å². The Morgan fingerprint density at radius 3 is 2.70 bits per heavy atom.